The average Bonchev–Trinajstić information content (AvgIpc) is 2.07. The largest absolute Gasteiger partial charge is 0.0586 e. The van der Waals surface area contributed by atoms with Crippen molar-refractivity contribution in [3.63, 3.8) is 0 Å². The van der Waals surface area contributed by atoms with Gasteiger partial charge in [-0.25, -0.2) is 0 Å². The third-order valence-electron chi connectivity index (χ3n) is 2.52. The predicted octanol–water partition coefficient (Wildman–Crippen LogP) is 5.00. The van der Waals surface area contributed by atoms with E-state index >= 15 is 0 Å². The van der Waals surface area contributed by atoms with Crippen LogP contribution in [0.4, 0.5) is 0 Å². The molecular weight excluding hydrogens is 236 g/mol. The summed E-state index contributed by atoms with van der Waals surface area (Å²) in [6.07, 6.45) is 0. The lowest BCUT2D eigenvalue weighted by Crippen LogP contribution is -1.97. The van der Waals surface area contributed by atoms with E-state index in [0.717, 1.165) is 0 Å². The highest BCUT2D eigenvalue weighted by Crippen LogP contribution is 2.33. The Kier molecular flexibility index (Phi) is 3.77. The first-order valence-electron chi connectivity index (χ1n) is 5.23. The van der Waals surface area contributed by atoms with Gasteiger partial charge in [0, 0.05) is 4.47 Å². The van der Waals surface area contributed by atoms with E-state index in [1.807, 2.05) is 0 Å². The summed E-state index contributed by atoms with van der Waals surface area (Å²) in [4.78, 5) is 0. The van der Waals surface area contributed by atoms with Gasteiger partial charge in [0.15, 0.2) is 0 Å². The first-order chi connectivity index (χ1) is 6.43. The monoisotopic (exact) mass is 254 g/mol. The van der Waals surface area contributed by atoms with Crippen LogP contribution in [0.1, 0.15) is 56.2 Å². The summed E-state index contributed by atoms with van der Waals surface area (Å²) in [5.41, 5.74) is 4.21. The smallest absolute Gasteiger partial charge is 0.0244 e. The molecule has 0 bridgehead atoms. The summed E-state index contributed by atoms with van der Waals surface area (Å²) >= 11 is 3.72. The quantitative estimate of drug-likeness (QED) is 0.697. The molecule has 1 rings (SSSR count). The standard InChI is InChI=1S/C13H19Br/c1-8(2)11-6-10(5)7-12(9(3)4)13(11)14/h6-9H,1-5H3. The Balaban J connectivity index is 3.32. The van der Waals surface area contributed by atoms with E-state index < -0.39 is 0 Å². The fourth-order valence-corrected chi connectivity index (χ4v) is 2.81. The van der Waals surface area contributed by atoms with Crippen molar-refractivity contribution in [2.75, 3.05) is 0 Å². The van der Waals surface area contributed by atoms with E-state index in [4.69, 9.17) is 0 Å². The van der Waals surface area contributed by atoms with E-state index in [1.54, 1.807) is 0 Å². The number of rotatable bonds is 2. The van der Waals surface area contributed by atoms with Crippen LogP contribution in [0.15, 0.2) is 16.6 Å². The zero-order valence-electron chi connectivity index (χ0n) is 9.69. The SMILES string of the molecule is Cc1cc(C(C)C)c(Br)c(C(C)C)c1. The summed E-state index contributed by atoms with van der Waals surface area (Å²) in [7, 11) is 0. The number of halogens is 1. The number of benzene rings is 1. The summed E-state index contributed by atoms with van der Waals surface area (Å²) in [5.74, 6) is 1.17. The zero-order valence-corrected chi connectivity index (χ0v) is 11.3. The predicted molar refractivity (Wildman–Crippen MR) is 67.1 cm³/mol. The van der Waals surface area contributed by atoms with Crippen LogP contribution in [0.3, 0.4) is 0 Å². The van der Waals surface area contributed by atoms with Crippen LogP contribution < -0.4 is 0 Å². The molecular formula is C13H19Br. The zero-order chi connectivity index (χ0) is 10.9. The third-order valence-corrected chi connectivity index (χ3v) is 3.43. The van der Waals surface area contributed by atoms with Gasteiger partial charge in [0.2, 0.25) is 0 Å². The molecule has 0 aromatic heterocycles. The van der Waals surface area contributed by atoms with Gasteiger partial charge >= 0.3 is 0 Å². The maximum Gasteiger partial charge on any atom is 0.0244 e. The van der Waals surface area contributed by atoms with E-state index in [-0.39, 0.29) is 0 Å². The molecule has 0 N–H and O–H groups in total. The Morgan fingerprint density at radius 1 is 0.929 bits per heavy atom. The fourth-order valence-electron chi connectivity index (χ4n) is 1.67. The summed E-state index contributed by atoms with van der Waals surface area (Å²) in [6, 6.07) is 4.56. The molecule has 0 spiro atoms. The second-order valence-corrected chi connectivity index (χ2v) is 5.36. The normalized spacial score (nSPS) is 11.4. The van der Waals surface area contributed by atoms with Crippen molar-refractivity contribution in [3.8, 4) is 0 Å². The van der Waals surface area contributed by atoms with Crippen molar-refractivity contribution < 1.29 is 0 Å². The minimum absolute atomic E-state index is 0.585. The molecule has 0 saturated carbocycles. The molecule has 0 heterocycles. The lowest BCUT2D eigenvalue weighted by Gasteiger charge is -2.16. The van der Waals surface area contributed by atoms with Crippen molar-refractivity contribution in [2.45, 2.75) is 46.5 Å². The Labute approximate surface area is 95.9 Å². The minimum Gasteiger partial charge on any atom is -0.0586 e. The lowest BCUT2D eigenvalue weighted by atomic mass is 9.93. The van der Waals surface area contributed by atoms with Gasteiger partial charge in [-0.15, -0.1) is 0 Å². The van der Waals surface area contributed by atoms with Gasteiger partial charge in [0.05, 0.1) is 0 Å². The summed E-state index contributed by atoms with van der Waals surface area (Å²) in [6.45, 7) is 11.1. The topological polar surface area (TPSA) is 0 Å². The fraction of sp³-hybridized carbons (Fsp3) is 0.538. The molecule has 0 aliphatic rings. The molecule has 0 amide bonds. The van der Waals surface area contributed by atoms with Gasteiger partial charge in [0.25, 0.3) is 0 Å². The Morgan fingerprint density at radius 2 is 1.29 bits per heavy atom. The molecule has 78 valence electrons. The summed E-state index contributed by atoms with van der Waals surface area (Å²) < 4.78 is 1.30. The minimum atomic E-state index is 0.585. The van der Waals surface area contributed by atoms with Crippen LogP contribution in [0, 0.1) is 6.92 Å². The molecule has 0 aliphatic heterocycles. The van der Waals surface area contributed by atoms with E-state index in [0.29, 0.717) is 11.8 Å². The molecule has 0 radical (unpaired) electrons. The number of hydrogen-bond acceptors (Lipinski definition) is 0. The van der Waals surface area contributed by atoms with Gasteiger partial charge in [-0.1, -0.05) is 61.3 Å². The first kappa shape index (κ1) is 11.8. The summed E-state index contributed by atoms with van der Waals surface area (Å²) in [5, 5.41) is 0. The molecule has 1 aromatic rings. The van der Waals surface area contributed by atoms with E-state index in [1.165, 1.54) is 21.2 Å². The maximum atomic E-state index is 3.72. The van der Waals surface area contributed by atoms with Crippen LogP contribution in [-0.2, 0) is 0 Å². The van der Waals surface area contributed by atoms with Gasteiger partial charge in [-0.05, 0) is 29.9 Å². The van der Waals surface area contributed by atoms with E-state index in [2.05, 4.69) is 62.7 Å². The van der Waals surface area contributed by atoms with Crippen LogP contribution in [0.2, 0.25) is 0 Å². The van der Waals surface area contributed by atoms with Crippen LogP contribution in [0.25, 0.3) is 0 Å². The Bertz CT molecular complexity index is 295. The van der Waals surface area contributed by atoms with Gasteiger partial charge < -0.3 is 0 Å². The second-order valence-electron chi connectivity index (χ2n) is 4.57. The third kappa shape index (κ3) is 2.38. The van der Waals surface area contributed by atoms with Gasteiger partial charge in [-0.3, -0.25) is 0 Å². The molecule has 0 aliphatic carbocycles. The second kappa shape index (κ2) is 4.48. The Morgan fingerprint density at radius 3 is 1.57 bits per heavy atom. The highest BCUT2D eigenvalue weighted by Gasteiger charge is 2.12. The molecule has 0 atom stereocenters. The molecule has 0 nitrogen and oxygen atoms in total. The van der Waals surface area contributed by atoms with Crippen LogP contribution in [-0.4, -0.2) is 0 Å². The Hall–Kier alpha value is -0.300. The maximum absolute atomic E-state index is 3.72. The van der Waals surface area contributed by atoms with Crippen molar-refractivity contribution in [3.05, 3.63) is 33.3 Å². The molecule has 1 heteroatoms. The van der Waals surface area contributed by atoms with Gasteiger partial charge in [0.1, 0.15) is 0 Å². The number of aryl methyl sites for hydroxylation is 1. The van der Waals surface area contributed by atoms with Crippen molar-refractivity contribution in [2.24, 2.45) is 0 Å². The van der Waals surface area contributed by atoms with Crippen molar-refractivity contribution >= 4 is 15.9 Å². The van der Waals surface area contributed by atoms with Crippen molar-refractivity contribution in [1.82, 2.24) is 0 Å². The van der Waals surface area contributed by atoms with Crippen molar-refractivity contribution in [1.29, 1.82) is 0 Å². The van der Waals surface area contributed by atoms with Crippen LogP contribution >= 0.6 is 15.9 Å². The highest BCUT2D eigenvalue weighted by molar-refractivity contribution is 9.10. The molecule has 0 fully saturated rings. The first-order valence-corrected chi connectivity index (χ1v) is 6.02. The average molecular weight is 255 g/mol. The van der Waals surface area contributed by atoms with Gasteiger partial charge in [-0.2, -0.15) is 0 Å². The lowest BCUT2D eigenvalue weighted by molar-refractivity contribution is 0.821. The highest BCUT2D eigenvalue weighted by atomic mass is 79.9. The van der Waals surface area contributed by atoms with E-state index in [9.17, 15) is 0 Å². The molecule has 14 heavy (non-hydrogen) atoms. The molecule has 1 aromatic carbocycles. The van der Waals surface area contributed by atoms with Crippen LogP contribution in [0.5, 0.6) is 0 Å². The number of hydrogen-bond donors (Lipinski definition) is 0. The molecule has 0 unspecified atom stereocenters. The molecule has 0 saturated heterocycles.